The molecule has 0 spiro atoms. The summed E-state index contributed by atoms with van der Waals surface area (Å²) in [6.45, 7) is -0.883. The van der Waals surface area contributed by atoms with E-state index >= 15 is 0 Å². The van der Waals surface area contributed by atoms with Crippen molar-refractivity contribution in [1.29, 1.82) is 5.26 Å². The maximum Gasteiger partial charge on any atom is 0.397 e. The maximum absolute atomic E-state index is 12.5. The van der Waals surface area contributed by atoms with Crippen molar-refractivity contribution in [3.63, 3.8) is 0 Å². The molecule has 0 unspecified atom stereocenters. The number of nitriles is 1. The van der Waals surface area contributed by atoms with Crippen molar-refractivity contribution in [2.75, 3.05) is 23.0 Å². The number of phenolic OH excluding ortho intramolecular Hbond substituents is 1. The number of rotatable bonds is 12. The molecule has 0 aliphatic rings. The maximum atomic E-state index is 12.5. The molecule has 6 N–H and O–H groups in total. The number of aromatic nitrogens is 3. The van der Waals surface area contributed by atoms with Gasteiger partial charge in [0.1, 0.15) is 15.5 Å². The number of azo groups is 1. The fourth-order valence-electron chi connectivity index (χ4n) is 3.89. The monoisotopic (exact) mass is 794 g/mol. The SMILES string of the molecule is N#CNc1nc(Cl)nc(Nc2ccc3c(O)c(N=Nc4ccc(S(=O)(=O)CCOS(=O)(=O)O)cc4)c(S(=O)(=O)O)cc3c2S(=O)(=O)O)n1.[Li].[Na]. The summed E-state index contributed by atoms with van der Waals surface area (Å²) < 4.78 is 128. The fourth-order valence-corrected chi connectivity index (χ4v) is 7.03. The van der Waals surface area contributed by atoms with E-state index < -0.39 is 102 Å². The van der Waals surface area contributed by atoms with Gasteiger partial charge in [0.2, 0.25) is 17.2 Å². The van der Waals surface area contributed by atoms with Crippen molar-refractivity contribution in [3.8, 4) is 11.9 Å². The molecule has 1 aromatic heterocycles. The minimum atomic E-state index is -5.30. The van der Waals surface area contributed by atoms with E-state index in [2.05, 4.69) is 40.0 Å². The minimum Gasteiger partial charge on any atom is -0.505 e. The Balaban J connectivity index is 0.00000433. The molecule has 4 aromatic rings. The first-order chi connectivity index (χ1) is 22.2. The quantitative estimate of drug-likeness (QED) is 0.0391. The number of aromatic hydroxyl groups is 1. The molecule has 0 bridgehead atoms. The summed E-state index contributed by atoms with van der Waals surface area (Å²) >= 11 is 5.80. The zero-order chi connectivity index (χ0) is 35.7. The van der Waals surface area contributed by atoms with Crippen LogP contribution in [0.2, 0.25) is 5.28 Å². The van der Waals surface area contributed by atoms with Crippen LogP contribution < -0.4 is 10.6 Å². The van der Waals surface area contributed by atoms with Crippen LogP contribution in [0.3, 0.4) is 0 Å². The Morgan fingerprint density at radius 1 is 0.860 bits per heavy atom. The minimum absolute atomic E-state index is 0. The molecule has 21 nitrogen and oxygen atoms in total. The molecule has 4 rings (SSSR count). The summed E-state index contributed by atoms with van der Waals surface area (Å²) in [5.74, 6) is -2.65. The van der Waals surface area contributed by atoms with Crippen LogP contribution in [0.15, 0.2) is 67.4 Å². The van der Waals surface area contributed by atoms with Crippen LogP contribution in [0.25, 0.3) is 10.8 Å². The van der Waals surface area contributed by atoms with Crippen molar-refractivity contribution in [2.45, 2.75) is 14.7 Å². The molecule has 1 heterocycles. The summed E-state index contributed by atoms with van der Waals surface area (Å²) in [7, 11) is -19.5. The van der Waals surface area contributed by atoms with E-state index in [-0.39, 0.29) is 64.9 Å². The second-order valence-corrected chi connectivity index (χ2v) is 15.2. The number of nitrogens with zero attached hydrogens (tertiary/aromatic N) is 6. The molecule has 0 atom stereocenters. The summed E-state index contributed by atoms with van der Waals surface area (Å²) in [6.07, 6.45) is 1.53. The van der Waals surface area contributed by atoms with Crippen LogP contribution in [0.4, 0.5) is 29.0 Å². The number of halogens is 1. The van der Waals surface area contributed by atoms with Gasteiger partial charge in [0.15, 0.2) is 21.8 Å². The molecule has 0 fully saturated rings. The van der Waals surface area contributed by atoms with Crippen molar-refractivity contribution in [2.24, 2.45) is 10.2 Å². The van der Waals surface area contributed by atoms with Crippen LogP contribution in [0.5, 0.6) is 5.75 Å². The Hall–Kier alpha value is -3.05. The number of hydrogen-bond acceptors (Lipinski definition) is 18. The average molecular weight is 795 g/mol. The number of nitrogens with one attached hydrogen (secondary N) is 2. The summed E-state index contributed by atoms with van der Waals surface area (Å²) in [5.41, 5.74) is -1.49. The van der Waals surface area contributed by atoms with Crippen LogP contribution in [0.1, 0.15) is 0 Å². The van der Waals surface area contributed by atoms with Gasteiger partial charge in [-0.1, -0.05) is 0 Å². The van der Waals surface area contributed by atoms with Gasteiger partial charge in [-0.15, -0.1) is 5.11 Å². The van der Waals surface area contributed by atoms with E-state index in [0.29, 0.717) is 6.07 Å². The zero-order valence-corrected chi connectivity index (χ0v) is 31.1. The third kappa shape index (κ3) is 10.7. The zero-order valence-electron chi connectivity index (χ0n) is 25.1. The number of anilines is 3. The van der Waals surface area contributed by atoms with Gasteiger partial charge in [0.05, 0.1) is 28.6 Å². The van der Waals surface area contributed by atoms with E-state index in [1.54, 1.807) is 0 Å². The van der Waals surface area contributed by atoms with Gasteiger partial charge in [-0.25, -0.2) is 12.6 Å². The van der Waals surface area contributed by atoms with Crippen LogP contribution in [-0.4, -0.2) is 128 Å². The average Bonchev–Trinajstić information content (AvgIpc) is 2.94. The van der Waals surface area contributed by atoms with E-state index in [9.17, 15) is 47.9 Å². The molecule has 0 amide bonds. The van der Waals surface area contributed by atoms with Gasteiger partial charge < -0.3 is 10.4 Å². The van der Waals surface area contributed by atoms with Gasteiger partial charge >= 0.3 is 10.4 Å². The number of sulfone groups is 1. The van der Waals surface area contributed by atoms with Gasteiger partial charge in [-0.2, -0.15) is 50.6 Å². The Kier molecular flexibility index (Phi) is 14.2. The summed E-state index contributed by atoms with van der Waals surface area (Å²) in [6, 6.07) is 6.86. The number of phenols is 1. The van der Waals surface area contributed by atoms with Crippen molar-refractivity contribution >= 4 is 140 Å². The molecule has 2 radical (unpaired) electrons. The van der Waals surface area contributed by atoms with Crippen LogP contribution >= 0.6 is 11.6 Å². The molecule has 0 aliphatic carbocycles. The number of hydrogen-bond donors (Lipinski definition) is 6. The molecule has 0 saturated carbocycles. The molecule has 0 aliphatic heterocycles. The number of benzene rings is 3. The Bertz CT molecular complexity index is 2470. The number of fused-ring (bicyclic) bond motifs is 1. The second-order valence-electron chi connectivity index (χ2n) is 8.94. The topological polar surface area (TPSA) is 338 Å². The van der Waals surface area contributed by atoms with E-state index in [4.69, 9.17) is 21.4 Å². The molecule has 256 valence electrons. The predicted molar refractivity (Wildman–Crippen MR) is 174 cm³/mol. The first kappa shape index (κ1) is 43.1. The smallest absolute Gasteiger partial charge is 0.397 e. The first-order valence-electron chi connectivity index (χ1n) is 12.2. The van der Waals surface area contributed by atoms with Crippen molar-refractivity contribution < 1.29 is 56.6 Å². The Labute approximate surface area is 322 Å². The summed E-state index contributed by atoms with van der Waals surface area (Å²) in [4.78, 5) is 8.62. The summed E-state index contributed by atoms with van der Waals surface area (Å²) in [5, 5.41) is 30.2. The van der Waals surface area contributed by atoms with Crippen LogP contribution in [-0.2, 0) is 44.7 Å². The second kappa shape index (κ2) is 16.5. The Morgan fingerprint density at radius 2 is 1.48 bits per heavy atom. The standard InChI is InChI=1S/C22H17ClN8O13S4.Li.Na/c23-20-27-21(25-10-24)29-22(28-20)26-15-6-5-13-14(19(15)47(38,39)40)9-16(46(35,36)37)17(18(13)32)31-30-11-1-3-12(4-2-11)45(33,34)8-7-44-48(41,42)43;;/h1-6,9,32H,7-8H2,(H,35,36,37)(H,38,39,40)(H,41,42,43)(H2,25,26,27,28,29);;. The third-order valence-electron chi connectivity index (χ3n) is 5.79. The van der Waals surface area contributed by atoms with Crippen molar-refractivity contribution in [1.82, 2.24) is 15.0 Å². The van der Waals surface area contributed by atoms with Gasteiger partial charge in [0.25, 0.3) is 20.2 Å². The van der Waals surface area contributed by atoms with E-state index in [1.807, 2.05) is 0 Å². The fraction of sp³-hybridized carbons (Fsp3) is 0.0909. The van der Waals surface area contributed by atoms with Crippen molar-refractivity contribution in [3.05, 3.63) is 47.7 Å². The van der Waals surface area contributed by atoms with Gasteiger partial charge in [-0.3, -0.25) is 19.0 Å². The van der Waals surface area contributed by atoms with Gasteiger partial charge in [0, 0.05) is 59.2 Å². The molecule has 0 saturated heterocycles. The van der Waals surface area contributed by atoms with E-state index in [0.717, 1.165) is 36.4 Å². The Morgan fingerprint density at radius 3 is 2.04 bits per heavy atom. The third-order valence-corrected chi connectivity index (χ3v) is 9.94. The first-order valence-corrected chi connectivity index (χ1v) is 18.4. The molecule has 3 aromatic carbocycles. The largest absolute Gasteiger partial charge is 0.505 e. The van der Waals surface area contributed by atoms with E-state index in [1.165, 1.54) is 6.19 Å². The molecule has 28 heteroatoms. The predicted octanol–water partition coefficient (Wildman–Crippen LogP) is 1.76. The van der Waals surface area contributed by atoms with Crippen LogP contribution in [0, 0.1) is 11.5 Å². The molecule has 50 heavy (non-hydrogen) atoms. The van der Waals surface area contributed by atoms with Gasteiger partial charge in [-0.05, 0) is 54.1 Å². The normalized spacial score (nSPS) is 12.1. The molecular formula is C22H17ClLiN8NaO13S4. The molecular weight excluding hydrogens is 778 g/mol.